The first-order chi connectivity index (χ1) is 14.6. The normalized spacial score (nSPS) is 15.3. The maximum atomic E-state index is 12.4. The summed E-state index contributed by atoms with van der Waals surface area (Å²) in [6.45, 7) is 3.14. The van der Waals surface area contributed by atoms with Crippen LogP contribution in [0.2, 0.25) is 0 Å². The molecule has 0 unspecified atom stereocenters. The minimum atomic E-state index is -0.677. The molecule has 0 bridgehead atoms. The largest absolute Gasteiger partial charge is 0.497 e. The van der Waals surface area contributed by atoms with Crippen LogP contribution in [0.4, 0.5) is 5.69 Å². The number of nitrogens with zero attached hydrogens (tertiary/aromatic N) is 1. The molecule has 2 aromatic carbocycles. The molecule has 8 heteroatoms. The molecule has 7 nitrogen and oxygen atoms in total. The van der Waals surface area contributed by atoms with Crippen molar-refractivity contribution in [2.75, 3.05) is 51.5 Å². The second-order valence-corrected chi connectivity index (χ2v) is 7.71. The van der Waals surface area contributed by atoms with Crippen molar-refractivity contribution < 1.29 is 19.1 Å². The standard InChI is InChI=1S/C22H27N3O4S/c1-28-18-8-6-16(7-9-18)20(25-10-12-29-13-11-25)15-23-21(26)22(27)24-17-4-3-5-19(14-17)30-2/h3-9,14,20H,10-13,15H2,1-2H3,(H,23,26)(H,24,27)/t20-/m1/s1. The Morgan fingerprint density at radius 1 is 1.13 bits per heavy atom. The smallest absolute Gasteiger partial charge is 0.313 e. The van der Waals surface area contributed by atoms with E-state index in [9.17, 15) is 9.59 Å². The molecule has 0 aliphatic carbocycles. The SMILES string of the molecule is COc1ccc([C@@H](CNC(=O)C(=O)Nc2cccc(SC)c2)N2CCOCC2)cc1. The van der Waals surface area contributed by atoms with Crippen LogP contribution in [0.5, 0.6) is 5.75 Å². The highest BCUT2D eigenvalue weighted by atomic mass is 32.2. The van der Waals surface area contributed by atoms with Gasteiger partial charge < -0.3 is 20.1 Å². The Morgan fingerprint density at radius 2 is 1.87 bits per heavy atom. The molecule has 0 spiro atoms. The van der Waals surface area contributed by atoms with E-state index in [1.165, 1.54) is 0 Å². The van der Waals surface area contributed by atoms with Crippen molar-refractivity contribution in [3.63, 3.8) is 0 Å². The van der Waals surface area contributed by atoms with Crippen molar-refractivity contribution in [1.82, 2.24) is 10.2 Å². The summed E-state index contributed by atoms with van der Waals surface area (Å²) in [4.78, 5) is 28.0. The van der Waals surface area contributed by atoms with E-state index in [1.807, 2.05) is 48.7 Å². The number of carbonyl (C=O) groups excluding carboxylic acids is 2. The minimum Gasteiger partial charge on any atom is -0.497 e. The van der Waals surface area contributed by atoms with Crippen LogP contribution >= 0.6 is 11.8 Å². The van der Waals surface area contributed by atoms with Crippen LogP contribution in [0.1, 0.15) is 11.6 Å². The summed E-state index contributed by atoms with van der Waals surface area (Å²) in [5.74, 6) is -0.560. The molecule has 1 atom stereocenters. The quantitative estimate of drug-likeness (QED) is 0.520. The average molecular weight is 430 g/mol. The van der Waals surface area contributed by atoms with E-state index in [1.54, 1.807) is 24.9 Å². The zero-order chi connectivity index (χ0) is 21.3. The second kappa shape index (κ2) is 11.0. The van der Waals surface area contributed by atoms with Gasteiger partial charge in [-0.25, -0.2) is 0 Å². The molecule has 1 aliphatic rings. The highest BCUT2D eigenvalue weighted by molar-refractivity contribution is 7.98. The predicted molar refractivity (Wildman–Crippen MR) is 118 cm³/mol. The van der Waals surface area contributed by atoms with Crippen molar-refractivity contribution in [2.45, 2.75) is 10.9 Å². The highest BCUT2D eigenvalue weighted by Crippen LogP contribution is 2.24. The third-order valence-electron chi connectivity index (χ3n) is 4.98. The van der Waals surface area contributed by atoms with Crippen molar-refractivity contribution >= 4 is 29.3 Å². The molecule has 30 heavy (non-hydrogen) atoms. The molecule has 2 amide bonds. The maximum absolute atomic E-state index is 12.4. The second-order valence-electron chi connectivity index (χ2n) is 6.83. The van der Waals surface area contributed by atoms with Crippen LogP contribution < -0.4 is 15.4 Å². The number of nitrogens with one attached hydrogen (secondary N) is 2. The number of ether oxygens (including phenoxy) is 2. The van der Waals surface area contributed by atoms with E-state index in [0.717, 1.165) is 29.3 Å². The van der Waals surface area contributed by atoms with E-state index >= 15 is 0 Å². The number of carbonyl (C=O) groups is 2. The molecular weight excluding hydrogens is 402 g/mol. The summed E-state index contributed by atoms with van der Waals surface area (Å²) in [6.07, 6.45) is 1.96. The van der Waals surface area contributed by atoms with Gasteiger partial charge in [-0.1, -0.05) is 18.2 Å². The molecule has 160 valence electrons. The Labute approximate surface area is 181 Å². The van der Waals surface area contributed by atoms with Gasteiger partial charge in [-0.3, -0.25) is 14.5 Å². The molecular formula is C22H27N3O4S. The number of hydrogen-bond donors (Lipinski definition) is 2. The van der Waals surface area contributed by atoms with Crippen molar-refractivity contribution in [3.8, 4) is 5.75 Å². The van der Waals surface area contributed by atoms with Gasteiger partial charge in [-0.15, -0.1) is 11.8 Å². The topological polar surface area (TPSA) is 79.9 Å². The van der Waals surface area contributed by atoms with Gasteiger partial charge in [0.15, 0.2) is 0 Å². The summed E-state index contributed by atoms with van der Waals surface area (Å²) in [7, 11) is 1.63. The number of rotatable bonds is 7. The van der Waals surface area contributed by atoms with Gasteiger partial charge in [0.1, 0.15) is 5.75 Å². The van der Waals surface area contributed by atoms with Crippen LogP contribution in [-0.4, -0.2) is 62.9 Å². The number of anilines is 1. The number of amides is 2. The summed E-state index contributed by atoms with van der Waals surface area (Å²) in [6, 6.07) is 15.1. The Bertz CT molecular complexity index is 854. The van der Waals surface area contributed by atoms with E-state index < -0.39 is 11.8 Å². The van der Waals surface area contributed by atoms with Gasteiger partial charge >= 0.3 is 11.8 Å². The van der Waals surface area contributed by atoms with Crippen LogP contribution in [0.15, 0.2) is 53.4 Å². The number of thioether (sulfide) groups is 1. The molecule has 3 rings (SSSR count). The van der Waals surface area contributed by atoms with Crippen LogP contribution in [-0.2, 0) is 14.3 Å². The Morgan fingerprint density at radius 3 is 2.53 bits per heavy atom. The van der Waals surface area contributed by atoms with Crippen LogP contribution in [0.25, 0.3) is 0 Å². The van der Waals surface area contributed by atoms with E-state index in [4.69, 9.17) is 9.47 Å². The lowest BCUT2D eigenvalue weighted by Crippen LogP contribution is -2.45. The van der Waals surface area contributed by atoms with Crippen molar-refractivity contribution in [3.05, 3.63) is 54.1 Å². The monoisotopic (exact) mass is 429 g/mol. The third-order valence-corrected chi connectivity index (χ3v) is 5.70. The van der Waals surface area contributed by atoms with Gasteiger partial charge in [0.05, 0.1) is 26.4 Å². The fraction of sp³-hybridized carbons (Fsp3) is 0.364. The Kier molecular flexibility index (Phi) is 8.12. The summed E-state index contributed by atoms with van der Waals surface area (Å²) < 4.78 is 10.7. The van der Waals surface area contributed by atoms with Crippen LogP contribution in [0.3, 0.4) is 0 Å². The number of methoxy groups -OCH3 is 1. The first-order valence-corrected chi connectivity index (χ1v) is 11.0. The van der Waals surface area contributed by atoms with Gasteiger partial charge in [0, 0.05) is 30.2 Å². The Hall–Kier alpha value is -2.55. The molecule has 0 aromatic heterocycles. The molecule has 2 N–H and O–H groups in total. The zero-order valence-corrected chi connectivity index (χ0v) is 18.0. The number of benzene rings is 2. The first kappa shape index (κ1) is 22.1. The van der Waals surface area contributed by atoms with E-state index in [2.05, 4.69) is 15.5 Å². The molecule has 0 radical (unpaired) electrons. The summed E-state index contributed by atoms with van der Waals surface area (Å²) in [5.41, 5.74) is 1.65. The lowest BCUT2D eigenvalue weighted by atomic mass is 10.0. The number of hydrogen-bond acceptors (Lipinski definition) is 6. The van der Waals surface area contributed by atoms with Crippen molar-refractivity contribution in [2.24, 2.45) is 0 Å². The molecule has 1 aliphatic heterocycles. The fourth-order valence-corrected chi connectivity index (χ4v) is 3.79. The Balaban J connectivity index is 1.64. The third kappa shape index (κ3) is 5.98. The number of morpholine rings is 1. The van der Waals surface area contributed by atoms with Gasteiger partial charge in [0.25, 0.3) is 0 Å². The lowest BCUT2D eigenvalue weighted by molar-refractivity contribution is -0.136. The molecule has 1 saturated heterocycles. The van der Waals surface area contributed by atoms with E-state index in [-0.39, 0.29) is 6.04 Å². The average Bonchev–Trinajstić information content (AvgIpc) is 2.80. The molecule has 0 saturated carbocycles. The van der Waals surface area contributed by atoms with Crippen LogP contribution in [0, 0.1) is 0 Å². The van der Waals surface area contributed by atoms with E-state index in [0.29, 0.717) is 25.4 Å². The molecule has 2 aromatic rings. The maximum Gasteiger partial charge on any atom is 0.313 e. The summed E-state index contributed by atoms with van der Waals surface area (Å²) in [5, 5.41) is 5.45. The van der Waals surface area contributed by atoms with Crippen molar-refractivity contribution in [1.29, 1.82) is 0 Å². The first-order valence-electron chi connectivity index (χ1n) is 9.79. The van der Waals surface area contributed by atoms with Gasteiger partial charge in [0.2, 0.25) is 0 Å². The van der Waals surface area contributed by atoms with Gasteiger partial charge in [-0.2, -0.15) is 0 Å². The highest BCUT2D eigenvalue weighted by Gasteiger charge is 2.24. The van der Waals surface area contributed by atoms with Gasteiger partial charge in [-0.05, 0) is 42.2 Å². The molecule has 1 fully saturated rings. The lowest BCUT2D eigenvalue weighted by Gasteiger charge is -2.34. The minimum absolute atomic E-state index is 0.0589. The molecule has 1 heterocycles. The zero-order valence-electron chi connectivity index (χ0n) is 17.2. The fourth-order valence-electron chi connectivity index (χ4n) is 3.33. The predicted octanol–water partition coefficient (Wildman–Crippen LogP) is 2.55. The summed E-state index contributed by atoms with van der Waals surface area (Å²) >= 11 is 1.57.